The Morgan fingerprint density at radius 1 is 1.12 bits per heavy atom. The summed E-state index contributed by atoms with van der Waals surface area (Å²) < 4.78 is 43.7. The van der Waals surface area contributed by atoms with Crippen LogP contribution in [0.1, 0.15) is 34.9 Å². The van der Waals surface area contributed by atoms with Crippen LogP contribution in [-0.2, 0) is 6.18 Å². The highest BCUT2D eigenvalue weighted by Gasteiger charge is 2.44. The predicted octanol–water partition coefficient (Wildman–Crippen LogP) is 4.79. The second kappa shape index (κ2) is 8.00. The molecule has 3 heterocycles. The van der Waals surface area contributed by atoms with E-state index in [1.54, 1.807) is 18.2 Å². The molecular formula is C21H15ClF3N7O. The van der Waals surface area contributed by atoms with Gasteiger partial charge in [0.2, 0.25) is 0 Å². The van der Waals surface area contributed by atoms with Crippen molar-refractivity contribution in [2.24, 2.45) is 0 Å². The van der Waals surface area contributed by atoms with Crippen molar-refractivity contribution in [2.75, 3.05) is 5.32 Å². The molecule has 1 amide bonds. The predicted molar refractivity (Wildman–Crippen MR) is 113 cm³/mol. The van der Waals surface area contributed by atoms with E-state index in [2.05, 4.69) is 25.6 Å². The lowest BCUT2D eigenvalue weighted by Gasteiger charge is -2.13. The van der Waals surface area contributed by atoms with E-state index in [0.29, 0.717) is 12.8 Å². The second-order valence-corrected chi connectivity index (χ2v) is 7.82. The summed E-state index contributed by atoms with van der Waals surface area (Å²) >= 11 is 6.22. The number of aromatic nitrogens is 6. The van der Waals surface area contributed by atoms with Crippen LogP contribution < -0.4 is 5.32 Å². The third-order valence-electron chi connectivity index (χ3n) is 5.04. The molecule has 0 unspecified atom stereocenters. The zero-order chi connectivity index (χ0) is 23.2. The molecule has 0 bridgehead atoms. The van der Waals surface area contributed by atoms with Crippen LogP contribution in [0.4, 0.5) is 18.9 Å². The molecular weight excluding hydrogens is 459 g/mol. The molecule has 1 N–H and O–H groups in total. The van der Waals surface area contributed by atoms with E-state index in [9.17, 15) is 18.0 Å². The van der Waals surface area contributed by atoms with Crippen LogP contribution in [0.3, 0.4) is 0 Å². The monoisotopic (exact) mass is 473 g/mol. The number of carbonyl (C=O) groups is 1. The minimum atomic E-state index is -4.80. The van der Waals surface area contributed by atoms with Crippen LogP contribution >= 0.6 is 11.6 Å². The lowest BCUT2D eigenvalue weighted by atomic mass is 10.0. The van der Waals surface area contributed by atoms with Crippen LogP contribution in [0, 0.1) is 0 Å². The van der Waals surface area contributed by atoms with Gasteiger partial charge in [0.1, 0.15) is 17.0 Å². The van der Waals surface area contributed by atoms with Crippen LogP contribution in [0.5, 0.6) is 0 Å². The maximum atomic E-state index is 14.2. The molecule has 1 aliphatic carbocycles. The number of alkyl halides is 3. The van der Waals surface area contributed by atoms with E-state index >= 15 is 0 Å². The molecule has 5 rings (SSSR count). The molecule has 0 spiro atoms. The zero-order valence-electron chi connectivity index (χ0n) is 16.8. The van der Waals surface area contributed by atoms with Gasteiger partial charge >= 0.3 is 6.18 Å². The summed E-state index contributed by atoms with van der Waals surface area (Å²) in [7, 11) is 0. The Morgan fingerprint density at radius 2 is 1.82 bits per heavy atom. The van der Waals surface area contributed by atoms with Gasteiger partial charge in [-0.3, -0.25) is 9.48 Å². The average molecular weight is 474 g/mol. The SMILES string of the molecule is O=C(Nc1cnc(-n2nccn2)c(Cl)c1)c1c(C(F)(F)F)c(-c2ccccc2)nn1C1CC1. The van der Waals surface area contributed by atoms with Gasteiger partial charge in [0.25, 0.3) is 5.91 Å². The smallest absolute Gasteiger partial charge is 0.319 e. The van der Waals surface area contributed by atoms with Gasteiger partial charge in [-0.1, -0.05) is 41.9 Å². The molecule has 3 aromatic heterocycles. The number of anilines is 1. The van der Waals surface area contributed by atoms with Crippen molar-refractivity contribution < 1.29 is 18.0 Å². The van der Waals surface area contributed by atoms with Crippen LogP contribution in [0.15, 0.2) is 55.0 Å². The normalized spacial score (nSPS) is 13.8. The minimum Gasteiger partial charge on any atom is -0.319 e. The van der Waals surface area contributed by atoms with Gasteiger partial charge in [-0.2, -0.15) is 28.5 Å². The van der Waals surface area contributed by atoms with Crippen molar-refractivity contribution in [2.45, 2.75) is 25.1 Å². The number of pyridine rings is 1. The third kappa shape index (κ3) is 4.07. The largest absolute Gasteiger partial charge is 0.420 e. The standard InChI is InChI=1S/C21H15ClF3N7O/c22-15-10-13(11-26-19(15)32-27-8-9-28-32)29-20(33)18-16(21(23,24)25)17(12-4-2-1-3-5-12)30-31(18)14-6-7-14/h1-5,8-11,14H,6-7H2,(H,29,33). The fraction of sp³-hybridized carbons (Fsp3) is 0.190. The molecule has 0 radical (unpaired) electrons. The Labute approximate surface area is 190 Å². The fourth-order valence-electron chi connectivity index (χ4n) is 3.46. The zero-order valence-corrected chi connectivity index (χ0v) is 17.5. The topological polar surface area (TPSA) is 90.5 Å². The number of amides is 1. The second-order valence-electron chi connectivity index (χ2n) is 7.41. The number of hydrogen-bond donors (Lipinski definition) is 1. The molecule has 0 saturated heterocycles. The lowest BCUT2D eigenvalue weighted by Crippen LogP contribution is -2.22. The first-order chi connectivity index (χ1) is 15.8. The number of rotatable bonds is 5. The molecule has 1 aliphatic rings. The number of benzene rings is 1. The van der Waals surface area contributed by atoms with Gasteiger partial charge in [-0.15, -0.1) is 4.80 Å². The first-order valence-corrected chi connectivity index (χ1v) is 10.3. The van der Waals surface area contributed by atoms with Crippen molar-refractivity contribution in [3.63, 3.8) is 0 Å². The Morgan fingerprint density at radius 3 is 2.42 bits per heavy atom. The number of hydrogen-bond acceptors (Lipinski definition) is 5. The number of nitrogens with zero attached hydrogens (tertiary/aromatic N) is 6. The van der Waals surface area contributed by atoms with Gasteiger partial charge < -0.3 is 5.32 Å². The van der Waals surface area contributed by atoms with Gasteiger partial charge in [0.05, 0.1) is 35.3 Å². The van der Waals surface area contributed by atoms with E-state index in [1.807, 2.05) is 0 Å². The summed E-state index contributed by atoms with van der Waals surface area (Å²) in [5.41, 5.74) is -1.50. The van der Waals surface area contributed by atoms with E-state index < -0.39 is 23.3 Å². The maximum absolute atomic E-state index is 14.2. The molecule has 1 aromatic carbocycles. The van der Waals surface area contributed by atoms with E-state index in [4.69, 9.17) is 11.6 Å². The summed E-state index contributed by atoms with van der Waals surface area (Å²) in [6.45, 7) is 0. The Hall–Kier alpha value is -3.73. The van der Waals surface area contributed by atoms with Crippen molar-refractivity contribution >= 4 is 23.2 Å². The highest BCUT2D eigenvalue weighted by Crippen LogP contribution is 2.44. The van der Waals surface area contributed by atoms with Crippen LogP contribution in [0.25, 0.3) is 17.1 Å². The van der Waals surface area contributed by atoms with Gasteiger partial charge in [-0.25, -0.2) is 4.98 Å². The van der Waals surface area contributed by atoms with E-state index in [-0.39, 0.29) is 33.8 Å². The Balaban J connectivity index is 1.55. The summed E-state index contributed by atoms with van der Waals surface area (Å²) in [6, 6.07) is 9.10. The third-order valence-corrected chi connectivity index (χ3v) is 5.31. The first kappa shape index (κ1) is 21.1. The highest BCUT2D eigenvalue weighted by molar-refractivity contribution is 6.32. The van der Waals surface area contributed by atoms with Gasteiger partial charge in [0, 0.05) is 5.56 Å². The fourth-order valence-corrected chi connectivity index (χ4v) is 3.71. The molecule has 168 valence electrons. The minimum absolute atomic E-state index is 0.112. The molecule has 0 aliphatic heterocycles. The highest BCUT2D eigenvalue weighted by atomic mass is 35.5. The summed E-state index contributed by atoms with van der Waals surface area (Å²) in [4.78, 5) is 18.4. The van der Waals surface area contributed by atoms with Gasteiger partial charge in [-0.05, 0) is 18.9 Å². The molecule has 33 heavy (non-hydrogen) atoms. The van der Waals surface area contributed by atoms with Crippen molar-refractivity contribution in [3.05, 3.63) is 71.3 Å². The first-order valence-electron chi connectivity index (χ1n) is 9.91. The summed E-state index contributed by atoms with van der Waals surface area (Å²) in [5.74, 6) is -0.739. The van der Waals surface area contributed by atoms with Crippen molar-refractivity contribution in [1.29, 1.82) is 0 Å². The summed E-state index contributed by atoms with van der Waals surface area (Å²) in [5, 5.41) is 14.7. The van der Waals surface area contributed by atoms with E-state index in [0.717, 1.165) is 0 Å². The van der Waals surface area contributed by atoms with Crippen molar-refractivity contribution in [3.8, 4) is 17.1 Å². The Kier molecular flexibility index (Phi) is 5.12. The molecule has 8 nitrogen and oxygen atoms in total. The average Bonchev–Trinajstić information content (AvgIpc) is 3.31. The van der Waals surface area contributed by atoms with Gasteiger partial charge in [0.15, 0.2) is 5.82 Å². The molecule has 1 saturated carbocycles. The Bertz CT molecular complexity index is 1320. The lowest BCUT2D eigenvalue weighted by molar-refractivity contribution is -0.137. The molecule has 1 fully saturated rings. The number of halogens is 4. The van der Waals surface area contributed by atoms with Crippen LogP contribution in [-0.4, -0.2) is 35.7 Å². The van der Waals surface area contributed by atoms with Crippen LogP contribution in [0.2, 0.25) is 5.02 Å². The molecule has 12 heteroatoms. The van der Waals surface area contributed by atoms with Crippen molar-refractivity contribution in [1.82, 2.24) is 29.8 Å². The molecule has 4 aromatic rings. The number of nitrogens with one attached hydrogen (secondary N) is 1. The number of carbonyl (C=O) groups excluding carboxylic acids is 1. The quantitative estimate of drug-likeness (QED) is 0.450. The maximum Gasteiger partial charge on any atom is 0.420 e. The summed E-state index contributed by atoms with van der Waals surface area (Å²) in [6.07, 6.45) is 0.645. The van der Waals surface area contributed by atoms with E-state index in [1.165, 1.54) is 46.3 Å². The molecule has 0 atom stereocenters.